The summed E-state index contributed by atoms with van der Waals surface area (Å²) in [5.41, 5.74) is 6.95. The maximum atomic E-state index is 13.1. The fourth-order valence-electron chi connectivity index (χ4n) is 4.04. The van der Waals surface area contributed by atoms with Crippen molar-refractivity contribution >= 4 is 46.3 Å². The van der Waals surface area contributed by atoms with E-state index in [0.29, 0.717) is 16.8 Å². The van der Waals surface area contributed by atoms with Crippen LogP contribution in [-0.4, -0.2) is 61.1 Å². The van der Waals surface area contributed by atoms with Gasteiger partial charge in [-0.05, 0) is 91.1 Å². The molecule has 8 heteroatoms. The van der Waals surface area contributed by atoms with Gasteiger partial charge < -0.3 is 15.1 Å². The third-order valence-corrected chi connectivity index (χ3v) is 6.90. The fourth-order valence-corrected chi connectivity index (χ4v) is 4.53. The lowest BCUT2D eigenvalue weighted by atomic mass is 10.1. The van der Waals surface area contributed by atoms with E-state index < -0.39 is 5.91 Å². The van der Waals surface area contributed by atoms with Crippen LogP contribution in [0.5, 0.6) is 0 Å². The number of benzene rings is 3. The van der Waals surface area contributed by atoms with E-state index in [1.165, 1.54) is 0 Å². The number of hydrazone groups is 1. The van der Waals surface area contributed by atoms with Crippen LogP contribution in [0.15, 0.2) is 71.8 Å². The molecule has 2 N–H and O–H groups in total. The number of nitrogens with zero attached hydrogens (tertiary/aromatic N) is 3. The van der Waals surface area contributed by atoms with Crippen LogP contribution in [0.3, 0.4) is 0 Å². The van der Waals surface area contributed by atoms with Crippen molar-refractivity contribution in [3.63, 3.8) is 0 Å². The molecule has 38 heavy (non-hydrogen) atoms. The third kappa shape index (κ3) is 9.04. The van der Waals surface area contributed by atoms with E-state index in [1.54, 1.807) is 24.4 Å². The smallest absolute Gasteiger partial charge is 0.273 e. The number of aryl methyl sites for hydroxylation is 1. The number of carbonyl (C=O) groups is 2. The number of rotatable bonds is 12. The van der Waals surface area contributed by atoms with E-state index in [9.17, 15) is 9.59 Å². The van der Waals surface area contributed by atoms with Gasteiger partial charge in [0.05, 0.1) is 17.5 Å². The average Bonchev–Trinajstić information content (AvgIpc) is 2.90. The van der Waals surface area contributed by atoms with Gasteiger partial charge in [0.2, 0.25) is 0 Å². The SMILES string of the molecule is CCN(CC)CCN(C)Cc1cccc(C(=O)Nc2ccc(I)cc2C(=O)NN=Cc2cccc(C)c2)c1. The first kappa shape index (κ1) is 29.5. The minimum absolute atomic E-state index is 0.267. The van der Waals surface area contributed by atoms with Crippen molar-refractivity contribution in [2.75, 3.05) is 38.5 Å². The molecule has 3 rings (SSSR count). The molecule has 0 heterocycles. The Bertz CT molecular complexity index is 1270. The molecule has 0 fully saturated rings. The molecule has 0 saturated carbocycles. The van der Waals surface area contributed by atoms with Crippen molar-refractivity contribution in [3.05, 3.63) is 98.1 Å². The first-order valence-corrected chi connectivity index (χ1v) is 13.9. The highest BCUT2D eigenvalue weighted by Crippen LogP contribution is 2.20. The molecule has 0 unspecified atom stereocenters. The minimum atomic E-state index is -0.397. The quantitative estimate of drug-likeness (QED) is 0.161. The van der Waals surface area contributed by atoms with E-state index in [-0.39, 0.29) is 5.91 Å². The molecule has 2 amide bonds. The number of hydrogen-bond acceptors (Lipinski definition) is 5. The summed E-state index contributed by atoms with van der Waals surface area (Å²) < 4.78 is 0.878. The molecular formula is C30H36IN5O2. The van der Waals surface area contributed by atoms with Crippen molar-refractivity contribution < 1.29 is 9.59 Å². The lowest BCUT2D eigenvalue weighted by Crippen LogP contribution is -2.32. The molecule has 3 aromatic carbocycles. The predicted molar refractivity (Wildman–Crippen MR) is 164 cm³/mol. The summed E-state index contributed by atoms with van der Waals surface area (Å²) in [6.45, 7) is 11.1. The monoisotopic (exact) mass is 625 g/mol. The number of amides is 2. The Kier molecular flexibility index (Phi) is 11.4. The number of nitrogens with one attached hydrogen (secondary N) is 2. The molecule has 0 aliphatic carbocycles. The summed E-state index contributed by atoms with van der Waals surface area (Å²) in [6, 6.07) is 20.8. The second-order valence-electron chi connectivity index (χ2n) is 9.22. The van der Waals surface area contributed by atoms with Crippen LogP contribution >= 0.6 is 22.6 Å². The second kappa shape index (κ2) is 14.8. The summed E-state index contributed by atoms with van der Waals surface area (Å²) in [5.74, 6) is -0.664. The van der Waals surface area contributed by atoms with Crippen LogP contribution in [0, 0.1) is 10.5 Å². The van der Waals surface area contributed by atoms with Gasteiger partial charge in [-0.1, -0.05) is 55.8 Å². The van der Waals surface area contributed by atoms with Crippen molar-refractivity contribution in [3.8, 4) is 0 Å². The lowest BCUT2D eigenvalue weighted by Gasteiger charge is -2.23. The molecular weight excluding hydrogens is 589 g/mol. The van der Waals surface area contributed by atoms with Crippen LogP contribution in [0.1, 0.15) is 51.3 Å². The lowest BCUT2D eigenvalue weighted by molar-refractivity contribution is 0.0956. The molecule has 0 saturated heterocycles. The molecule has 0 aromatic heterocycles. The summed E-state index contributed by atoms with van der Waals surface area (Å²) in [6.07, 6.45) is 1.60. The van der Waals surface area contributed by atoms with Gasteiger partial charge in [-0.15, -0.1) is 0 Å². The molecule has 0 radical (unpaired) electrons. The topological polar surface area (TPSA) is 77.0 Å². The largest absolute Gasteiger partial charge is 0.321 e. The molecule has 3 aromatic rings. The van der Waals surface area contributed by atoms with E-state index in [4.69, 9.17) is 0 Å². The summed E-state index contributed by atoms with van der Waals surface area (Å²) in [5, 5.41) is 7.01. The summed E-state index contributed by atoms with van der Waals surface area (Å²) in [7, 11) is 2.09. The Morgan fingerprint density at radius 3 is 2.45 bits per heavy atom. The van der Waals surface area contributed by atoms with E-state index >= 15 is 0 Å². The maximum absolute atomic E-state index is 13.1. The van der Waals surface area contributed by atoms with Gasteiger partial charge in [-0.3, -0.25) is 9.59 Å². The maximum Gasteiger partial charge on any atom is 0.273 e. The molecule has 0 aliphatic heterocycles. The second-order valence-corrected chi connectivity index (χ2v) is 10.5. The number of halogens is 1. The highest BCUT2D eigenvalue weighted by atomic mass is 127. The van der Waals surface area contributed by atoms with Gasteiger partial charge in [0.25, 0.3) is 11.8 Å². The van der Waals surface area contributed by atoms with Crippen LogP contribution in [-0.2, 0) is 6.54 Å². The van der Waals surface area contributed by atoms with Gasteiger partial charge in [0.15, 0.2) is 0 Å². The highest BCUT2D eigenvalue weighted by Gasteiger charge is 2.15. The van der Waals surface area contributed by atoms with Gasteiger partial charge >= 0.3 is 0 Å². The predicted octanol–water partition coefficient (Wildman–Crippen LogP) is 5.39. The third-order valence-electron chi connectivity index (χ3n) is 6.23. The van der Waals surface area contributed by atoms with Crippen LogP contribution in [0.25, 0.3) is 0 Å². The Morgan fingerprint density at radius 2 is 1.71 bits per heavy atom. The van der Waals surface area contributed by atoms with Crippen LogP contribution < -0.4 is 10.7 Å². The van der Waals surface area contributed by atoms with Gasteiger partial charge in [-0.25, -0.2) is 5.43 Å². The normalized spacial score (nSPS) is 11.3. The summed E-state index contributed by atoms with van der Waals surface area (Å²) in [4.78, 5) is 30.7. The number of hydrogen-bond donors (Lipinski definition) is 2. The highest BCUT2D eigenvalue weighted by molar-refractivity contribution is 14.1. The Balaban J connectivity index is 1.67. The fraction of sp³-hybridized carbons (Fsp3) is 0.300. The number of likely N-dealkylation sites (N-methyl/N-ethyl adjacent to an activating group) is 2. The van der Waals surface area contributed by atoms with Gasteiger partial charge in [0, 0.05) is 28.8 Å². The Hall–Kier alpha value is -3.08. The molecule has 0 spiro atoms. The van der Waals surface area contributed by atoms with E-state index in [1.807, 2.05) is 55.5 Å². The zero-order valence-electron chi connectivity index (χ0n) is 22.5. The number of carbonyl (C=O) groups excluding carboxylic acids is 2. The number of anilines is 1. The Morgan fingerprint density at radius 1 is 0.947 bits per heavy atom. The van der Waals surface area contributed by atoms with Gasteiger partial charge in [-0.2, -0.15) is 5.10 Å². The molecule has 0 aliphatic rings. The van der Waals surface area contributed by atoms with Gasteiger partial charge in [0.1, 0.15) is 0 Å². The Labute approximate surface area is 239 Å². The molecule has 200 valence electrons. The first-order valence-electron chi connectivity index (χ1n) is 12.8. The molecule has 7 nitrogen and oxygen atoms in total. The van der Waals surface area contributed by atoms with Crippen molar-refractivity contribution in [2.45, 2.75) is 27.3 Å². The summed E-state index contributed by atoms with van der Waals surface area (Å²) >= 11 is 2.14. The average molecular weight is 626 g/mol. The molecule has 0 atom stereocenters. The minimum Gasteiger partial charge on any atom is -0.321 e. The van der Waals surface area contributed by atoms with Crippen molar-refractivity contribution in [1.29, 1.82) is 0 Å². The van der Waals surface area contributed by atoms with Crippen LogP contribution in [0.4, 0.5) is 5.69 Å². The van der Waals surface area contributed by atoms with Crippen molar-refractivity contribution in [2.24, 2.45) is 5.10 Å². The van der Waals surface area contributed by atoms with Crippen LogP contribution in [0.2, 0.25) is 0 Å². The van der Waals surface area contributed by atoms with Crippen molar-refractivity contribution in [1.82, 2.24) is 15.2 Å². The first-order chi connectivity index (χ1) is 18.3. The zero-order valence-corrected chi connectivity index (χ0v) is 24.7. The standard InChI is InChI=1S/C30H36IN5O2/c1-5-36(6-2)16-15-35(4)21-24-11-8-12-25(18-24)29(37)33-28-14-13-26(31)19-27(28)30(38)34-32-20-23-10-7-9-22(3)17-23/h7-14,17-20H,5-6,15-16,21H2,1-4H3,(H,33,37)(H,34,38). The van der Waals surface area contributed by atoms with E-state index in [0.717, 1.165) is 53.0 Å². The zero-order chi connectivity index (χ0) is 27.5. The molecule has 0 bridgehead atoms. The van der Waals surface area contributed by atoms with E-state index in [2.05, 4.69) is 69.1 Å².